The molecular formula is C55H38N2. The van der Waals surface area contributed by atoms with Gasteiger partial charge in [0.15, 0.2) is 5.82 Å². The van der Waals surface area contributed by atoms with Crippen LogP contribution in [0.4, 0.5) is 0 Å². The Morgan fingerprint density at radius 3 is 1.67 bits per heavy atom. The molecule has 10 aromatic rings. The normalized spacial score (nSPS) is 12.9. The lowest BCUT2D eigenvalue weighted by atomic mass is 9.78. The SMILES string of the molecule is CC1(C)c2ccc3ccccc3c2-c2cccc(-c3ccc(-c4cc(-c5ccccc5-c5ccccc5)nc(-c5cccc6ccccc56)n4)c4ccccc34)c21. The second-order valence-electron chi connectivity index (χ2n) is 15.7. The van der Waals surface area contributed by atoms with Crippen LogP contribution in [0.25, 0.3) is 99.6 Å². The summed E-state index contributed by atoms with van der Waals surface area (Å²) in [7, 11) is 0. The number of hydrogen-bond donors (Lipinski definition) is 0. The number of nitrogens with zero attached hydrogens (tertiary/aromatic N) is 2. The molecule has 0 saturated heterocycles. The Balaban J connectivity index is 1.14. The summed E-state index contributed by atoms with van der Waals surface area (Å²) in [6, 6.07) is 70.0. The fourth-order valence-corrected chi connectivity index (χ4v) is 9.47. The Hall–Kier alpha value is -7.16. The van der Waals surface area contributed by atoms with Gasteiger partial charge in [0.25, 0.3) is 0 Å². The Morgan fingerprint density at radius 1 is 0.351 bits per heavy atom. The first-order valence-corrected chi connectivity index (χ1v) is 19.8. The van der Waals surface area contributed by atoms with Gasteiger partial charge in [-0.3, -0.25) is 0 Å². The summed E-state index contributed by atoms with van der Waals surface area (Å²) in [6.07, 6.45) is 0. The van der Waals surface area contributed by atoms with Crippen LogP contribution < -0.4 is 0 Å². The Labute approximate surface area is 332 Å². The fourth-order valence-electron chi connectivity index (χ4n) is 9.47. The summed E-state index contributed by atoms with van der Waals surface area (Å²) < 4.78 is 0. The van der Waals surface area contributed by atoms with Gasteiger partial charge >= 0.3 is 0 Å². The maximum atomic E-state index is 5.43. The predicted molar refractivity (Wildman–Crippen MR) is 239 cm³/mol. The lowest BCUT2D eigenvalue weighted by Crippen LogP contribution is -2.16. The first-order chi connectivity index (χ1) is 28.0. The predicted octanol–water partition coefficient (Wildman–Crippen LogP) is 14.6. The highest BCUT2D eigenvalue weighted by atomic mass is 14.9. The van der Waals surface area contributed by atoms with E-state index in [0.717, 1.165) is 50.0 Å². The molecule has 0 aliphatic heterocycles. The first kappa shape index (κ1) is 33.2. The summed E-state index contributed by atoms with van der Waals surface area (Å²) in [5.41, 5.74) is 15.0. The minimum atomic E-state index is -0.174. The van der Waals surface area contributed by atoms with Gasteiger partial charge in [0, 0.05) is 22.1 Å². The largest absolute Gasteiger partial charge is 0.228 e. The summed E-state index contributed by atoms with van der Waals surface area (Å²) in [5.74, 6) is 0.711. The highest BCUT2D eigenvalue weighted by Gasteiger charge is 2.38. The minimum absolute atomic E-state index is 0.174. The third-order valence-corrected chi connectivity index (χ3v) is 12.1. The zero-order chi connectivity index (χ0) is 38.1. The number of rotatable bonds is 5. The molecule has 2 nitrogen and oxygen atoms in total. The van der Waals surface area contributed by atoms with Crippen LogP contribution in [0.1, 0.15) is 25.0 Å². The molecule has 1 aromatic heterocycles. The highest BCUT2D eigenvalue weighted by Crippen LogP contribution is 2.55. The van der Waals surface area contributed by atoms with E-state index in [9.17, 15) is 0 Å². The quantitative estimate of drug-likeness (QED) is 0.176. The summed E-state index contributed by atoms with van der Waals surface area (Å²) in [4.78, 5) is 10.8. The van der Waals surface area contributed by atoms with Gasteiger partial charge in [-0.2, -0.15) is 0 Å². The average Bonchev–Trinajstić information content (AvgIpc) is 3.52. The van der Waals surface area contributed by atoms with Crippen LogP contribution in [0.15, 0.2) is 194 Å². The van der Waals surface area contributed by atoms with Crippen molar-refractivity contribution in [3.63, 3.8) is 0 Å². The van der Waals surface area contributed by atoms with Crippen LogP contribution in [0.3, 0.4) is 0 Å². The molecule has 0 saturated carbocycles. The van der Waals surface area contributed by atoms with E-state index < -0.39 is 0 Å². The van der Waals surface area contributed by atoms with Crippen LogP contribution in [-0.4, -0.2) is 9.97 Å². The monoisotopic (exact) mass is 726 g/mol. The number of aromatic nitrogens is 2. The molecule has 1 heterocycles. The van der Waals surface area contributed by atoms with Crippen molar-refractivity contribution < 1.29 is 0 Å². The minimum Gasteiger partial charge on any atom is -0.228 e. The number of fused-ring (bicyclic) bond motifs is 7. The summed E-state index contributed by atoms with van der Waals surface area (Å²) in [6.45, 7) is 4.77. The summed E-state index contributed by atoms with van der Waals surface area (Å²) >= 11 is 0. The first-order valence-electron chi connectivity index (χ1n) is 19.8. The van der Waals surface area contributed by atoms with Crippen molar-refractivity contribution in [3.8, 4) is 67.3 Å². The molecule has 0 radical (unpaired) electrons. The molecule has 1 aliphatic rings. The molecule has 11 rings (SSSR count). The fraction of sp³-hybridized carbons (Fsp3) is 0.0545. The molecule has 0 spiro atoms. The Kier molecular flexibility index (Phi) is 7.55. The van der Waals surface area contributed by atoms with Gasteiger partial charge in [-0.25, -0.2) is 9.97 Å². The summed E-state index contributed by atoms with van der Waals surface area (Å²) in [5, 5.41) is 7.26. The van der Waals surface area contributed by atoms with Crippen LogP contribution in [0.5, 0.6) is 0 Å². The van der Waals surface area contributed by atoms with Crippen LogP contribution in [0, 0.1) is 0 Å². The molecule has 0 amide bonds. The average molecular weight is 727 g/mol. The van der Waals surface area contributed by atoms with Gasteiger partial charge in [0.2, 0.25) is 0 Å². The van der Waals surface area contributed by atoms with E-state index >= 15 is 0 Å². The molecule has 0 atom stereocenters. The number of hydrogen-bond acceptors (Lipinski definition) is 2. The van der Waals surface area contributed by atoms with Gasteiger partial charge in [0.05, 0.1) is 11.4 Å². The molecule has 0 bridgehead atoms. The molecule has 0 unspecified atom stereocenters. The van der Waals surface area contributed by atoms with Crippen LogP contribution >= 0.6 is 0 Å². The van der Waals surface area contributed by atoms with E-state index in [1.807, 2.05) is 0 Å². The second-order valence-corrected chi connectivity index (χ2v) is 15.7. The molecule has 57 heavy (non-hydrogen) atoms. The van der Waals surface area contributed by atoms with Gasteiger partial charge in [-0.05, 0) is 82.9 Å². The van der Waals surface area contributed by atoms with E-state index in [1.165, 1.54) is 54.9 Å². The van der Waals surface area contributed by atoms with Crippen molar-refractivity contribution in [2.24, 2.45) is 0 Å². The van der Waals surface area contributed by atoms with Gasteiger partial charge in [-0.1, -0.05) is 202 Å². The van der Waals surface area contributed by atoms with Gasteiger partial charge in [0.1, 0.15) is 0 Å². The molecule has 2 heteroatoms. The topological polar surface area (TPSA) is 25.8 Å². The third kappa shape index (κ3) is 5.25. The van der Waals surface area contributed by atoms with E-state index in [0.29, 0.717) is 5.82 Å². The maximum Gasteiger partial charge on any atom is 0.161 e. The molecule has 9 aromatic carbocycles. The molecular weight excluding hydrogens is 689 g/mol. The molecule has 0 N–H and O–H groups in total. The van der Waals surface area contributed by atoms with Crippen molar-refractivity contribution >= 4 is 32.3 Å². The molecule has 268 valence electrons. The van der Waals surface area contributed by atoms with Crippen molar-refractivity contribution in [3.05, 3.63) is 205 Å². The van der Waals surface area contributed by atoms with Crippen molar-refractivity contribution in [2.45, 2.75) is 19.3 Å². The molecule has 1 aliphatic carbocycles. The molecule has 0 fully saturated rings. The van der Waals surface area contributed by atoms with E-state index in [4.69, 9.17) is 9.97 Å². The van der Waals surface area contributed by atoms with E-state index in [-0.39, 0.29) is 5.41 Å². The Bertz CT molecular complexity index is 3210. The van der Waals surface area contributed by atoms with E-state index in [2.05, 4.69) is 208 Å². The highest BCUT2D eigenvalue weighted by molar-refractivity contribution is 6.09. The zero-order valence-corrected chi connectivity index (χ0v) is 31.9. The van der Waals surface area contributed by atoms with Gasteiger partial charge in [-0.15, -0.1) is 0 Å². The van der Waals surface area contributed by atoms with Crippen LogP contribution in [-0.2, 0) is 5.41 Å². The van der Waals surface area contributed by atoms with Crippen molar-refractivity contribution in [1.82, 2.24) is 9.97 Å². The zero-order valence-electron chi connectivity index (χ0n) is 31.9. The van der Waals surface area contributed by atoms with Crippen LogP contribution in [0.2, 0.25) is 0 Å². The van der Waals surface area contributed by atoms with Crippen molar-refractivity contribution in [2.75, 3.05) is 0 Å². The second kappa shape index (κ2) is 13.0. The maximum absolute atomic E-state index is 5.43. The lowest BCUT2D eigenvalue weighted by molar-refractivity contribution is 0.662. The third-order valence-electron chi connectivity index (χ3n) is 12.1. The van der Waals surface area contributed by atoms with Gasteiger partial charge < -0.3 is 0 Å². The smallest absolute Gasteiger partial charge is 0.161 e. The standard InChI is InChI=1S/C55H38N2/c1-55(2)49-33-30-37-19-7-9-23-40(37)52(49)48-29-15-27-46(53(48)55)43-31-32-45(42-25-12-11-24-41(42)43)51-34-50(44-26-13-10-21-38(44)35-16-4-3-5-17-35)56-54(57-51)47-28-14-20-36-18-6-8-22-39(36)47/h3-34H,1-2H3. The van der Waals surface area contributed by atoms with Crippen molar-refractivity contribution in [1.29, 1.82) is 0 Å². The lowest BCUT2D eigenvalue weighted by Gasteiger charge is -2.25. The number of benzene rings is 9. The van der Waals surface area contributed by atoms with E-state index in [1.54, 1.807) is 0 Å². The Morgan fingerprint density at radius 2 is 0.877 bits per heavy atom.